The number of imidazole rings is 2. The highest BCUT2D eigenvalue weighted by molar-refractivity contribution is 7.91. The van der Waals surface area contributed by atoms with Crippen molar-refractivity contribution in [3.63, 3.8) is 0 Å². The summed E-state index contributed by atoms with van der Waals surface area (Å²) in [5.41, 5.74) is -0.508. The van der Waals surface area contributed by atoms with Crippen LogP contribution in [0, 0.1) is 0 Å². The maximum atomic E-state index is 13.0. The van der Waals surface area contributed by atoms with Gasteiger partial charge in [0, 0.05) is 30.5 Å². The fourth-order valence-electron chi connectivity index (χ4n) is 3.02. The molecule has 0 saturated heterocycles. The average molecular weight is 444 g/mol. The van der Waals surface area contributed by atoms with Crippen LogP contribution in [0.25, 0.3) is 28.3 Å². The average Bonchev–Trinajstić information content (AvgIpc) is 3.18. The van der Waals surface area contributed by atoms with Crippen LogP contribution < -0.4 is 0 Å². The van der Waals surface area contributed by atoms with E-state index in [0.29, 0.717) is 11.2 Å². The molecule has 0 atom stereocenters. The molecule has 0 fully saturated rings. The minimum Gasteiger partial charge on any atom is -0.310 e. The highest BCUT2D eigenvalue weighted by Gasteiger charge is 2.33. The molecule has 0 amide bonds. The van der Waals surface area contributed by atoms with Crippen molar-refractivity contribution in [3.05, 3.63) is 41.2 Å². The van der Waals surface area contributed by atoms with Gasteiger partial charge in [-0.05, 0) is 12.1 Å². The van der Waals surface area contributed by atoms with Gasteiger partial charge in [-0.2, -0.15) is 13.2 Å². The Hall–Kier alpha value is -2.66. The van der Waals surface area contributed by atoms with Gasteiger partial charge >= 0.3 is 6.18 Å². The number of pyridine rings is 2. The molecule has 29 heavy (non-hydrogen) atoms. The lowest BCUT2D eigenvalue weighted by molar-refractivity contribution is -0.137. The smallest absolute Gasteiger partial charge is 0.310 e. The van der Waals surface area contributed by atoms with Crippen molar-refractivity contribution < 1.29 is 21.6 Å². The van der Waals surface area contributed by atoms with Crippen molar-refractivity contribution in [1.29, 1.82) is 0 Å². The highest BCUT2D eigenvalue weighted by Crippen LogP contribution is 2.33. The van der Waals surface area contributed by atoms with Crippen molar-refractivity contribution in [3.8, 4) is 11.5 Å². The largest absolute Gasteiger partial charge is 0.417 e. The Balaban J connectivity index is 2.05. The Kier molecular flexibility index (Phi) is 4.35. The van der Waals surface area contributed by atoms with Gasteiger partial charge in [0.05, 0.1) is 11.3 Å². The zero-order chi connectivity index (χ0) is 21.1. The van der Waals surface area contributed by atoms with Gasteiger partial charge in [0.1, 0.15) is 16.9 Å². The number of nitrogens with zero attached hydrogens (tertiary/aromatic N) is 5. The van der Waals surface area contributed by atoms with Gasteiger partial charge < -0.3 is 4.57 Å². The van der Waals surface area contributed by atoms with Crippen LogP contribution in [0.4, 0.5) is 13.2 Å². The summed E-state index contributed by atoms with van der Waals surface area (Å²) in [5, 5.41) is 0.247. The molecule has 0 radical (unpaired) electrons. The molecule has 152 valence electrons. The SMILES string of the molecule is CCS(=O)(=O)c1c(-c2nc3cc(C(F)(F)F)cnc3n2C)nc2cc(Cl)ccn12. The molecule has 0 aliphatic heterocycles. The Morgan fingerprint density at radius 1 is 1.21 bits per heavy atom. The van der Waals surface area contributed by atoms with E-state index in [1.807, 2.05) is 0 Å². The standard InChI is InChI=1S/C17H13ClF3N5O2S/c1-3-29(27,28)16-13(24-12-7-10(18)4-5-26(12)16)15-23-11-6-9(17(19,20)21)8-22-14(11)25(15)2/h4-8H,3H2,1-2H3. The first kappa shape index (κ1) is 19.6. The summed E-state index contributed by atoms with van der Waals surface area (Å²) in [7, 11) is -2.22. The van der Waals surface area contributed by atoms with Crippen LogP contribution >= 0.6 is 11.6 Å². The van der Waals surface area contributed by atoms with Gasteiger partial charge in [-0.15, -0.1) is 0 Å². The predicted molar refractivity (Wildman–Crippen MR) is 100 cm³/mol. The van der Waals surface area contributed by atoms with Crippen LogP contribution in [0.2, 0.25) is 5.02 Å². The van der Waals surface area contributed by atoms with Crippen molar-refractivity contribution in [1.82, 2.24) is 23.9 Å². The quantitative estimate of drug-likeness (QED) is 0.481. The zero-order valence-corrected chi connectivity index (χ0v) is 16.6. The van der Waals surface area contributed by atoms with E-state index in [1.54, 1.807) is 0 Å². The monoisotopic (exact) mass is 443 g/mol. The first-order valence-electron chi connectivity index (χ1n) is 8.33. The van der Waals surface area contributed by atoms with E-state index in [1.165, 1.54) is 41.3 Å². The van der Waals surface area contributed by atoms with Crippen molar-refractivity contribution in [2.75, 3.05) is 5.75 Å². The second-order valence-electron chi connectivity index (χ2n) is 6.30. The number of hydrogen-bond acceptors (Lipinski definition) is 5. The first-order chi connectivity index (χ1) is 13.5. The van der Waals surface area contributed by atoms with Crippen LogP contribution in [0.15, 0.2) is 35.6 Å². The molecular formula is C17H13ClF3N5O2S. The fourth-order valence-corrected chi connectivity index (χ4v) is 4.33. The number of rotatable bonds is 3. The number of aromatic nitrogens is 5. The second-order valence-corrected chi connectivity index (χ2v) is 8.93. The summed E-state index contributed by atoms with van der Waals surface area (Å²) in [6.45, 7) is 1.49. The molecule has 4 aromatic heterocycles. The third kappa shape index (κ3) is 3.14. The predicted octanol–water partition coefficient (Wildman–Crippen LogP) is 3.75. The molecule has 0 unspecified atom stereocenters. The zero-order valence-electron chi connectivity index (χ0n) is 15.1. The maximum absolute atomic E-state index is 13.0. The minimum absolute atomic E-state index is 0.0168. The second kappa shape index (κ2) is 6.42. The Labute approximate surface area is 167 Å². The molecule has 0 N–H and O–H groups in total. The summed E-state index contributed by atoms with van der Waals surface area (Å²) in [5.74, 6) is -0.115. The number of sulfone groups is 1. The molecule has 4 aromatic rings. The van der Waals surface area contributed by atoms with E-state index in [-0.39, 0.29) is 39.1 Å². The lowest BCUT2D eigenvalue weighted by Gasteiger charge is -2.06. The van der Waals surface area contributed by atoms with E-state index in [0.717, 1.165) is 6.07 Å². The van der Waals surface area contributed by atoms with Crippen LogP contribution in [0.1, 0.15) is 12.5 Å². The molecule has 7 nitrogen and oxygen atoms in total. The van der Waals surface area contributed by atoms with Crippen LogP contribution in [-0.4, -0.2) is 38.1 Å². The molecule has 0 spiro atoms. The molecule has 0 aromatic carbocycles. The minimum atomic E-state index is -4.57. The summed E-state index contributed by atoms with van der Waals surface area (Å²) in [6.07, 6.45) is -2.39. The van der Waals surface area contributed by atoms with Crippen LogP contribution in [0.3, 0.4) is 0 Å². The van der Waals surface area contributed by atoms with E-state index >= 15 is 0 Å². The number of hydrogen-bond donors (Lipinski definition) is 0. The number of aryl methyl sites for hydroxylation is 1. The third-order valence-electron chi connectivity index (χ3n) is 4.47. The summed E-state index contributed by atoms with van der Waals surface area (Å²) in [6, 6.07) is 3.87. The summed E-state index contributed by atoms with van der Waals surface area (Å²) < 4.78 is 67.3. The van der Waals surface area contributed by atoms with Gasteiger partial charge in [-0.1, -0.05) is 18.5 Å². The topological polar surface area (TPSA) is 82.1 Å². The molecule has 0 saturated carbocycles. The highest BCUT2D eigenvalue weighted by atomic mass is 35.5. The molecule has 0 bridgehead atoms. The summed E-state index contributed by atoms with van der Waals surface area (Å²) >= 11 is 5.99. The normalized spacial score (nSPS) is 12.9. The fraction of sp³-hybridized carbons (Fsp3) is 0.235. The van der Waals surface area contributed by atoms with Gasteiger partial charge in [0.25, 0.3) is 0 Å². The van der Waals surface area contributed by atoms with Crippen molar-refractivity contribution >= 4 is 38.2 Å². The first-order valence-corrected chi connectivity index (χ1v) is 10.4. The Morgan fingerprint density at radius 2 is 1.93 bits per heavy atom. The molecule has 12 heteroatoms. The molecule has 4 heterocycles. The van der Waals surface area contributed by atoms with E-state index in [2.05, 4.69) is 15.0 Å². The van der Waals surface area contributed by atoms with Crippen molar-refractivity contribution in [2.24, 2.45) is 7.05 Å². The van der Waals surface area contributed by atoms with E-state index in [4.69, 9.17) is 11.6 Å². The van der Waals surface area contributed by atoms with E-state index < -0.39 is 21.6 Å². The maximum Gasteiger partial charge on any atom is 0.417 e. The summed E-state index contributed by atoms with van der Waals surface area (Å²) in [4.78, 5) is 12.4. The van der Waals surface area contributed by atoms with Gasteiger partial charge in [-0.25, -0.2) is 23.4 Å². The Morgan fingerprint density at radius 3 is 2.59 bits per heavy atom. The van der Waals surface area contributed by atoms with Crippen LogP contribution in [0.5, 0.6) is 0 Å². The molecular weight excluding hydrogens is 431 g/mol. The number of halogens is 4. The van der Waals surface area contributed by atoms with Gasteiger partial charge in [0.15, 0.2) is 26.3 Å². The van der Waals surface area contributed by atoms with Gasteiger partial charge in [0.2, 0.25) is 0 Å². The molecule has 0 aliphatic carbocycles. The van der Waals surface area contributed by atoms with Crippen LogP contribution in [-0.2, 0) is 23.1 Å². The Bertz CT molecular complexity index is 1380. The third-order valence-corrected chi connectivity index (χ3v) is 6.44. The lowest BCUT2D eigenvalue weighted by atomic mass is 10.2. The lowest BCUT2D eigenvalue weighted by Crippen LogP contribution is -2.09. The molecule has 4 rings (SSSR count). The van der Waals surface area contributed by atoms with Crippen molar-refractivity contribution in [2.45, 2.75) is 18.1 Å². The molecule has 0 aliphatic rings. The van der Waals surface area contributed by atoms with E-state index in [9.17, 15) is 21.6 Å². The number of alkyl halides is 3. The van der Waals surface area contributed by atoms with Gasteiger partial charge in [-0.3, -0.25) is 4.40 Å². The number of fused-ring (bicyclic) bond motifs is 2.